The van der Waals surface area contributed by atoms with Crippen molar-refractivity contribution in [1.82, 2.24) is 9.97 Å². The van der Waals surface area contributed by atoms with Crippen LogP contribution >= 0.6 is 0 Å². The van der Waals surface area contributed by atoms with Crippen LogP contribution in [0.15, 0.2) is 6.07 Å². The van der Waals surface area contributed by atoms with Crippen molar-refractivity contribution in [3.8, 4) is 0 Å². The van der Waals surface area contributed by atoms with Crippen molar-refractivity contribution < 1.29 is 0 Å². The van der Waals surface area contributed by atoms with Crippen LogP contribution < -0.4 is 5.32 Å². The van der Waals surface area contributed by atoms with Crippen molar-refractivity contribution in [1.29, 1.82) is 0 Å². The monoisotopic (exact) mass is 261 g/mol. The molecule has 0 saturated heterocycles. The molecule has 3 heteroatoms. The zero-order valence-electron chi connectivity index (χ0n) is 12.6. The van der Waals surface area contributed by atoms with Crippen LogP contribution in [0.3, 0.4) is 0 Å². The van der Waals surface area contributed by atoms with Gasteiger partial charge in [-0.1, -0.05) is 26.7 Å². The molecule has 1 aromatic rings. The van der Waals surface area contributed by atoms with Gasteiger partial charge in [0.1, 0.15) is 11.6 Å². The Morgan fingerprint density at radius 1 is 1.16 bits per heavy atom. The molecule has 1 heterocycles. The minimum atomic E-state index is 0.576. The predicted molar refractivity (Wildman–Crippen MR) is 80.6 cm³/mol. The molecule has 1 aromatic heterocycles. The van der Waals surface area contributed by atoms with Crippen molar-refractivity contribution in [3.63, 3.8) is 0 Å². The van der Waals surface area contributed by atoms with Gasteiger partial charge in [-0.2, -0.15) is 0 Å². The van der Waals surface area contributed by atoms with Crippen LogP contribution in [-0.4, -0.2) is 17.0 Å². The molecule has 0 atom stereocenters. The van der Waals surface area contributed by atoms with E-state index < -0.39 is 0 Å². The smallest absolute Gasteiger partial charge is 0.134 e. The summed E-state index contributed by atoms with van der Waals surface area (Å²) in [6.07, 6.45) is 8.93. The van der Waals surface area contributed by atoms with E-state index in [1.807, 2.05) is 7.05 Å². The lowest BCUT2D eigenvalue weighted by molar-refractivity contribution is 0.302. The molecule has 1 N–H and O–H groups in total. The topological polar surface area (TPSA) is 37.8 Å². The molecule has 0 unspecified atom stereocenters. The normalized spacial score (nSPS) is 23.3. The largest absolute Gasteiger partial charge is 0.373 e. The van der Waals surface area contributed by atoms with Crippen LogP contribution in [-0.2, 0) is 6.42 Å². The molecular formula is C16H27N3. The first-order valence-corrected chi connectivity index (χ1v) is 7.82. The molecule has 0 bridgehead atoms. The molecule has 1 saturated carbocycles. The van der Waals surface area contributed by atoms with Crippen molar-refractivity contribution in [2.75, 3.05) is 12.4 Å². The Labute approximate surface area is 117 Å². The Hall–Kier alpha value is -1.12. The minimum Gasteiger partial charge on any atom is -0.373 e. The number of rotatable bonds is 5. The van der Waals surface area contributed by atoms with Crippen molar-refractivity contribution in [2.24, 2.45) is 5.92 Å². The van der Waals surface area contributed by atoms with Gasteiger partial charge in [0.15, 0.2) is 0 Å². The molecule has 0 radical (unpaired) electrons. The zero-order valence-corrected chi connectivity index (χ0v) is 12.6. The Kier molecular flexibility index (Phi) is 5.17. The third kappa shape index (κ3) is 3.68. The summed E-state index contributed by atoms with van der Waals surface area (Å²) in [7, 11) is 1.93. The molecule has 106 valence electrons. The number of anilines is 1. The van der Waals surface area contributed by atoms with Gasteiger partial charge in [-0.3, -0.25) is 0 Å². The van der Waals surface area contributed by atoms with Gasteiger partial charge >= 0.3 is 0 Å². The third-order valence-corrected chi connectivity index (χ3v) is 4.32. The lowest BCUT2D eigenvalue weighted by atomic mass is 9.80. The number of nitrogens with one attached hydrogen (secondary N) is 1. The van der Waals surface area contributed by atoms with Crippen LogP contribution in [0, 0.1) is 5.92 Å². The van der Waals surface area contributed by atoms with Crippen LogP contribution in [0.2, 0.25) is 0 Å². The number of aromatic nitrogens is 2. The van der Waals surface area contributed by atoms with E-state index in [1.165, 1.54) is 38.5 Å². The van der Waals surface area contributed by atoms with E-state index in [0.717, 1.165) is 29.7 Å². The molecule has 0 aliphatic heterocycles. The maximum Gasteiger partial charge on any atom is 0.134 e. The molecule has 1 aliphatic carbocycles. The summed E-state index contributed by atoms with van der Waals surface area (Å²) in [4.78, 5) is 9.42. The molecule has 2 rings (SSSR count). The first-order chi connectivity index (χ1) is 9.26. The number of hydrogen-bond donors (Lipinski definition) is 1. The number of hydrogen-bond acceptors (Lipinski definition) is 3. The van der Waals surface area contributed by atoms with E-state index in [0.29, 0.717) is 5.92 Å². The summed E-state index contributed by atoms with van der Waals surface area (Å²) in [5, 5.41) is 3.16. The Balaban J connectivity index is 2.06. The highest BCUT2D eigenvalue weighted by atomic mass is 15.0. The van der Waals surface area contributed by atoms with Gasteiger partial charge in [-0.25, -0.2) is 9.97 Å². The van der Waals surface area contributed by atoms with Crippen molar-refractivity contribution >= 4 is 5.82 Å². The van der Waals surface area contributed by atoms with Crippen molar-refractivity contribution in [3.05, 3.63) is 17.6 Å². The molecule has 19 heavy (non-hydrogen) atoms. The van der Waals surface area contributed by atoms with E-state index in [2.05, 4.69) is 30.2 Å². The lowest BCUT2D eigenvalue weighted by Crippen LogP contribution is -2.16. The SMILES string of the molecule is CCCC1CCC(c2nc(CC)cc(NC)n2)CC1. The molecule has 1 aliphatic rings. The van der Waals surface area contributed by atoms with Gasteiger partial charge in [0, 0.05) is 24.7 Å². The van der Waals surface area contributed by atoms with E-state index >= 15 is 0 Å². The molecule has 3 nitrogen and oxygen atoms in total. The summed E-state index contributed by atoms with van der Waals surface area (Å²) in [6, 6.07) is 2.06. The van der Waals surface area contributed by atoms with Crippen LogP contribution in [0.25, 0.3) is 0 Å². The van der Waals surface area contributed by atoms with E-state index in [4.69, 9.17) is 4.98 Å². The molecule has 0 amide bonds. The summed E-state index contributed by atoms with van der Waals surface area (Å²) < 4.78 is 0. The predicted octanol–water partition coefficient (Wildman–Crippen LogP) is 4.15. The summed E-state index contributed by atoms with van der Waals surface area (Å²) in [5.41, 5.74) is 1.16. The third-order valence-electron chi connectivity index (χ3n) is 4.32. The van der Waals surface area contributed by atoms with Crippen LogP contribution in [0.4, 0.5) is 5.82 Å². The first-order valence-electron chi connectivity index (χ1n) is 7.82. The quantitative estimate of drug-likeness (QED) is 0.865. The standard InChI is InChI=1S/C16H27N3/c1-4-6-12-7-9-13(10-8-12)16-18-14(5-2)11-15(17-3)19-16/h11-13H,4-10H2,1-3H3,(H,17,18,19). The van der Waals surface area contributed by atoms with E-state index in [1.54, 1.807) is 0 Å². The maximum atomic E-state index is 4.74. The maximum absolute atomic E-state index is 4.74. The highest BCUT2D eigenvalue weighted by molar-refractivity contribution is 5.35. The second-order valence-electron chi connectivity index (χ2n) is 5.71. The van der Waals surface area contributed by atoms with Crippen LogP contribution in [0.5, 0.6) is 0 Å². The second kappa shape index (κ2) is 6.88. The highest BCUT2D eigenvalue weighted by Gasteiger charge is 2.24. The first kappa shape index (κ1) is 14.3. The zero-order chi connectivity index (χ0) is 13.7. The van der Waals surface area contributed by atoms with Gasteiger partial charge in [0.25, 0.3) is 0 Å². The summed E-state index contributed by atoms with van der Waals surface area (Å²) in [6.45, 7) is 4.45. The fourth-order valence-corrected chi connectivity index (χ4v) is 3.13. The molecule has 0 aromatic carbocycles. The highest BCUT2D eigenvalue weighted by Crippen LogP contribution is 2.36. The van der Waals surface area contributed by atoms with Crippen molar-refractivity contribution in [2.45, 2.75) is 64.7 Å². The average Bonchev–Trinajstić information content (AvgIpc) is 2.47. The minimum absolute atomic E-state index is 0.576. The van der Waals surface area contributed by atoms with Gasteiger partial charge in [0.2, 0.25) is 0 Å². The molecular weight excluding hydrogens is 234 g/mol. The number of aryl methyl sites for hydroxylation is 1. The number of nitrogens with zero attached hydrogens (tertiary/aromatic N) is 2. The van der Waals surface area contributed by atoms with Gasteiger partial charge in [-0.05, 0) is 38.0 Å². The van der Waals surface area contributed by atoms with Gasteiger partial charge in [-0.15, -0.1) is 0 Å². The fourth-order valence-electron chi connectivity index (χ4n) is 3.13. The summed E-state index contributed by atoms with van der Waals surface area (Å²) in [5.74, 6) is 3.56. The fraction of sp³-hybridized carbons (Fsp3) is 0.750. The van der Waals surface area contributed by atoms with Gasteiger partial charge in [0.05, 0.1) is 0 Å². The molecule has 1 fully saturated rings. The van der Waals surface area contributed by atoms with Gasteiger partial charge < -0.3 is 5.32 Å². The Bertz CT molecular complexity index is 373. The second-order valence-corrected chi connectivity index (χ2v) is 5.71. The van der Waals surface area contributed by atoms with Crippen LogP contribution in [0.1, 0.15) is 69.8 Å². The lowest BCUT2D eigenvalue weighted by Gasteiger charge is -2.27. The Morgan fingerprint density at radius 3 is 2.47 bits per heavy atom. The van der Waals surface area contributed by atoms with E-state index in [-0.39, 0.29) is 0 Å². The average molecular weight is 261 g/mol. The summed E-state index contributed by atoms with van der Waals surface area (Å²) >= 11 is 0. The Morgan fingerprint density at radius 2 is 1.89 bits per heavy atom. The molecule has 0 spiro atoms. The van der Waals surface area contributed by atoms with E-state index in [9.17, 15) is 0 Å².